The topological polar surface area (TPSA) is 164 Å². The molecule has 2 radical (unpaired) electrons. The minimum Gasteiger partial charge on any atom is -0.822 e. The van der Waals surface area contributed by atoms with Crippen molar-refractivity contribution in [3.05, 3.63) is 0 Å². The van der Waals surface area contributed by atoms with Gasteiger partial charge in [-0.15, -0.1) is 0 Å². The molecule has 1 N–H and O–H groups in total. The Kier molecular flexibility index (Phi) is 18.5. The van der Waals surface area contributed by atoms with Crippen LogP contribution in [0.2, 0.25) is 0 Å². The molecule has 0 bridgehead atoms. The van der Waals surface area contributed by atoms with Gasteiger partial charge in [0, 0.05) is 0 Å². The van der Waals surface area contributed by atoms with Crippen molar-refractivity contribution in [2.45, 2.75) is 0 Å². The van der Waals surface area contributed by atoms with Crippen LogP contribution in [-0.2, 0) is 15.0 Å². The van der Waals surface area contributed by atoms with E-state index in [1.165, 1.54) is 0 Å². The van der Waals surface area contributed by atoms with Gasteiger partial charge in [-0.25, -0.2) is 8.42 Å². The summed E-state index contributed by atoms with van der Waals surface area (Å²) in [7, 11) is -10.3. The van der Waals surface area contributed by atoms with E-state index in [0.29, 0.717) is 0 Å². The number of hydrogen-bond acceptors (Lipinski definition) is 7. The molecule has 0 unspecified atom stereocenters. The average Bonchev–Trinajstić information content (AvgIpc) is 1.12. The first-order chi connectivity index (χ1) is 4.00. The molecule has 0 atom stereocenters. The zero-order valence-corrected chi connectivity index (χ0v) is 12.8. The Labute approximate surface area is 110 Å². The fourth-order valence-corrected chi connectivity index (χ4v) is 0. The second kappa shape index (κ2) is 9.42. The summed E-state index contributed by atoms with van der Waals surface area (Å²) in [6.07, 6.45) is 0. The van der Waals surface area contributed by atoms with Crippen molar-refractivity contribution in [2.75, 3.05) is 0 Å². The molecular formula is HBiNaO8PS. The van der Waals surface area contributed by atoms with Gasteiger partial charge in [0.25, 0.3) is 0 Å². The quantitative estimate of drug-likeness (QED) is 0.174. The van der Waals surface area contributed by atoms with E-state index in [4.69, 9.17) is 36.8 Å². The molecule has 0 spiro atoms. The Bertz CT molecular complexity index is 197. The van der Waals surface area contributed by atoms with Gasteiger partial charge >= 0.3 is 55.8 Å². The summed E-state index contributed by atoms with van der Waals surface area (Å²) in [4.78, 5) is 25.6. The van der Waals surface area contributed by atoms with Crippen LogP contribution in [0, 0.1) is 0 Å². The first kappa shape index (κ1) is 23.6. The maximum atomic E-state index is 8.63. The zero-order chi connectivity index (χ0) is 9.00. The molecule has 0 aliphatic heterocycles. The van der Waals surface area contributed by atoms with Crippen LogP contribution in [0.4, 0.5) is 0 Å². The van der Waals surface area contributed by atoms with E-state index in [1.807, 2.05) is 0 Å². The molecule has 66 valence electrons. The summed E-state index contributed by atoms with van der Waals surface area (Å²) in [5.41, 5.74) is 0. The SMILES string of the molecule is O=P([O-])([O-])[O-].O=S(=O)([O-])O.[Bi+3].[Na+]. The third-order valence-corrected chi connectivity index (χ3v) is 0. The molecule has 0 fully saturated rings. The normalized spacial score (nSPS) is 9.75. The van der Waals surface area contributed by atoms with E-state index in [1.54, 1.807) is 0 Å². The number of phosphoric acid groups is 1. The summed E-state index contributed by atoms with van der Waals surface area (Å²) in [6, 6.07) is 0. The van der Waals surface area contributed by atoms with Gasteiger partial charge in [-0.05, 0) is 0 Å². The summed E-state index contributed by atoms with van der Waals surface area (Å²) in [6.45, 7) is 0. The molecule has 0 aromatic rings. The van der Waals surface area contributed by atoms with Crippen LogP contribution in [0.1, 0.15) is 0 Å². The molecule has 0 aromatic carbocycles. The molecule has 0 aromatic heterocycles. The smallest absolute Gasteiger partial charge is 0.822 e. The van der Waals surface area contributed by atoms with E-state index in [0.717, 1.165) is 0 Å². The molecule has 12 heavy (non-hydrogen) atoms. The Morgan fingerprint density at radius 3 is 1.17 bits per heavy atom. The Morgan fingerprint density at radius 1 is 1.17 bits per heavy atom. The first-order valence-corrected chi connectivity index (χ1v) is 4.24. The first-order valence-electron chi connectivity index (χ1n) is 1.41. The van der Waals surface area contributed by atoms with Gasteiger partial charge in [-0.3, -0.25) is 4.55 Å². The predicted molar refractivity (Wildman–Crippen MR) is 25.7 cm³/mol. The third kappa shape index (κ3) is 403. The second-order valence-electron chi connectivity index (χ2n) is 0.875. The van der Waals surface area contributed by atoms with E-state index >= 15 is 0 Å². The van der Waals surface area contributed by atoms with Crippen LogP contribution in [0.5, 0.6) is 0 Å². The molecule has 0 amide bonds. The van der Waals surface area contributed by atoms with Crippen LogP contribution in [0.15, 0.2) is 0 Å². The molecule has 0 heterocycles. The van der Waals surface area contributed by atoms with Crippen molar-refractivity contribution in [1.29, 1.82) is 0 Å². The Balaban J connectivity index is -0.0000000457. The van der Waals surface area contributed by atoms with Crippen molar-refractivity contribution >= 4 is 44.4 Å². The fraction of sp³-hybridized carbons (Fsp3) is 0. The summed E-state index contributed by atoms with van der Waals surface area (Å²) in [5, 5.41) is 0. The Morgan fingerprint density at radius 2 is 1.17 bits per heavy atom. The monoisotopic (exact) mass is 424 g/mol. The van der Waals surface area contributed by atoms with E-state index in [2.05, 4.69) is 0 Å². The molecule has 0 aliphatic rings. The maximum Gasteiger partial charge on any atom is 3.00 e. The van der Waals surface area contributed by atoms with Gasteiger partial charge in [-0.1, -0.05) is 0 Å². The van der Waals surface area contributed by atoms with Crippen molar-refractivity contribution in [2.24, 2.45) is 0 Å². The van der Waals surface area contributed by atoms with E-state index < -0.39 is 18.2 Å². The van der Waals surface area contributed by atoms with Crippen molar-refractivity contribution in [3.8, 4) is 0 Å². The molecule has 0 aliphatic carbocycles. The van der Waals surface area contributed by atoms with Crippen LogP contribution in [-0.4, -0.2) is 43.7 Å². The van der Waals surface area contributed by atoms with Gasteiger partial charge in [-0.2, -0.15) is 7.82 Å². The van der Waals surface area contributed by atoms with Crippen LogP contribution >= 0.6 is 7.82 Å². The second-order valence-corrected chi connectivity index (χ2v) is 2.62. The van der Waals surface area contributed by atoms with E-state index in [9.17, 15) is 0 Å². The third-order valence-electron chi connectivity index (χ3n) is 0. The minimum atomic E-state index is -5.39. The van der Waals surface area contributed by atoms with Gasteiger partial charge in [0.2, 0.25) is 10.4 Å². The van der Waals surface area contributed by atoms with E-state index in [-0.39, 0.29) is 55.8 Å². The van der Waals surface area contributed by atoms with Crippen LogP contribution < -0.4 is 44.2 Å². The number of rotatable bonds is 0. The Hall–Kier alpha value is 1.86. The average molecular weight is 424 g/mol. The largest absolute Gasteiger partial charge is 3.00 e. The molecule has 0 saturated carbocycles. The summed E-state index contributed by atoms with van der Waals surface area (Å²) >= 11 is 0. The maximum absolute atomic E-state index is 8.63. The minimum absolute atomic E-state index is 0. The summed E-state index contributed by atoms with van der Waals surface area (Å²) in [5.74, 6) is 0. The van der Waals surface area contributed by atoms with Crippen LogP contribution in [0.3, 0.4) is 0 Å². The van der Waals surface area contributed by atoms with Crippen molar-refractivity contribution < 1.29 is 66.3 Å². The predicted octanol–water partition coefficient (Wildman–Crippen LogP) is -7.20. The zero-order valence-electron chi connectivity index (χ0n) is 5.61. The van der Waals surface area contributed by atoms with Crippen LogP contribution in [0.25, 0.3) is 0 Å². The molecule has 12 heteroatoms. The fourth-order valence-electron chi connectivity index (χ4n) is 0. The molecule has 0 saturated heterocycles. The molecular weight excluding hydrogens is 423 g/mol. The van der Waals surface area contributed by atoms with Crippen molar-refractivity contribution in [3.63, 3.8) is 0 Å². The summed E-state index contributed by atoms with van der Waals surface area (Å²) < 4.78 is 41.4. The van der Waals surface area contributed by atoms with Gasteiger partial charge in [0.15, 0.2) is 0 Å². The molecule has 8 nitrogen and oxygen atoms in total. The van der Waals surface area contributed by atoms with Gasteiger partial charge < -0.3 is 23.8 Å². The van der Waals surface area contributed by atoms with Gasteiger partial charge in [0.05, 0.1) is 0 Å². The standard InChI is InChI=1S/Bi.Na.H3O4P.H2O4S/c;;2*1-5(2,3)4/h;;(H3,1,2,3,4);(H2,1,2,3,4)/q+3;+1;;/p-4. The molecule has 0 rings (SSSR count). The van der Waals surface area contributed by atoms with Gasteiger partial charge in [0.1, 0.15) is 0 Å². The van der Waals surface area contributed by atoms with Crippen molar-refractivity contribution in [1.82, 2.24) is 0 Å². The number of hydrogen-bond donors (Lipinski definition) is 1.